The molecule has 7 heteroatoms. The predicted molar refractivity (Wildman–Crippen MR) is 118 cm³/mol. The minimum atomic E-state index is -0.609. The zero-order valence-corrected chi connectivity index (χ0v) is 19.2. The number of carbonyl (C=O) groups excluding carboxylic acids is 1. The van der Waals surface area contributed by atoms with Gasteiger partial charge in [0.1, 0.15) is 24.1 Å². The SMILES string of the molecule is CC1C2CC(CN(CC(O)COc3ccc(C#N)cc3)C2)C(C)N1C(=O)OC(C)(C)C. The summed E-state index contributed by atoms with van der Waals surface area (Å²) in [6, 6.07) is 9.15. The summed E-state index contributed by atoms with van der Waals surface area (Å²) in [5, 5.41) is 19.4. The molecule has 2 heterocycles. The zero-order valence-electron chi connectivity index (χ0n) is 19.2. The Kier molecular flexibility index (Phi) is 7.13. The Bertz CT molecular complexity index is 781. The minimum Gasteiger partial charge on any atom is -0.491 e. The number of nitrogens with zero attached hydrogens (tertiary/aromatic N) is 3. The minimum absolute atomic E-state index is 0.0935. The highest BCUT2D eigenvalue weighted by Gasteiger charge is 2.46. The second-order valence-corrected chi connectivity index (χ2v) is 9.94. The lowest BCUT2D eigenvalue weighted by molar-refractivity contribution is -0.0640. The first-order valence-electron chi connectivity index (χ1n) is 11.1. The average molecular weight is 430 g/mol. The molecular weight excluding hydrogens is 394 g/mol. The number of hydrogen-bond donors (Lipinski definition) is 1. The molecule has 2 saturated heterocycles. The quantitative estimate of drug-likeness (QED) is 0.773. The van der Waals surface area contributed by atoms with Gasteiger partial charge in [-0.2, -0.15) is 5.26 Å². The third kappa shape index (κ3) is 5.90. The summed E-state index contributed by atoms with van der Waals surface area (Å²) in [7, 11) is 0. The highest BCUT2D eigenvalue weighted by molar-refractivity contribution is 5.69. The Labute approximate surface area is 185 Å². The summed E-state index contributed by atoms with van der Waals surface area (Å²) >= 11 is 0. The summed E-state index contributed by atoms with van der Waals surface area (Å²) in [6.45, 7) is 12.3. The fourth-order valence-corrected chi connectivity index (χ4v) is 4.76. The summed E-state index contributed by atoms with van der Waals surface area (Å²) in [6.07, 6.45) is 0.254. The summed E-state index contributed by atoms with van der Waals surface area (Å²) in [5.41, 5.74) is 0.0742. The Hall–Kier alpha value is -2.30. The largest absolute Gasteiger partial charge is 0.491 e. The molecule has 2 fully saturated rings. The molecular formula is C24H35N3O4. The van der Waals surface area contributed by atoms with Crippen LogP contribution in [0.5, 0.6) is 5.75 Å². The third-order valence-corrected chi connectivity index (χ3v) is 6.33. The Morgan fingerprint density at radius 2 is 1.77 bits per heavy atom. The molecule has 170 valence electrons. The second-order valence-electron chi connectivity index (χ2n) is 9.94. The number of β-amino-alcohol motifs (C(OH)–C–C–N with tert-alkyl or cyclic N) is 1. The number of fused-ring (bicyclic) bond motifs is 2. The number of benzene rings is 1. The summed E-state index contributed by atoms with van der Waals surface area (Å²) in [5.74, 6) is 1.35. The number of carbonyl (C=O) groups is 1. The maximum absolute atomic E-state index is 12.8. The van der Waals surface area contributed by atoms with E-state index in [1.54, 1.807) is 24.3 Å². The van der Waals surface area contributed by atoms with Crippen molar-refractivity contribution in [2.24, 2.45) is 11.8 Å². The Balaban J connectivity index is 1.54. The average Bonchev–Trinajstić information content (AvgIpc) is 2.70. The van der Waals surface area contributed by atoms with E-state index in [1.807, 2.05) is 25.7 Å². The highest BCUT2D eigenvalue weighted by Crippen LogP contribution is 2.38. The van der Waals surface area contributed by atoms with E-state index in [9.17, 15) is 9.90 Å². The van der Waals surface area contributed by atoms with Crippen LogP contribution in [0.4, 0.5) is 4.79 Å². The smallest absolute Gasteiger partial charge is 0.410 e. The molecule has 1 N–H and O–H groups in total. The van der Waals surface area contributed by atoms with Crippen LogP contribution in [0.1, 0.15) is 46.6 Å². The molecule has 5 atom stereocenters. The van der Waals surface area contributed by atoms with E-state index in [0.717, 1.165) is 19.5 Å². The van der Waals surface area contributed by atoms with Crippen molar-refractivity contribution in [1.29, 1.82) is 5.26 Å². The number of ether oxygens (including phenoxy) is 2. The first kappa shape index (κ1) is 23.4. The molecule has 5 unspecified atom stereocenters. The van der Waals surface area contributed by atoms with Gasteiger partial charge in [-0.3, -0.25) is 4.90 Å². The number of aliphatic hydroxyl groups is 1. The van der Waals surface area contributed by atoms with Crippen LogP contribution in [0.3, 0.4) is 0 Å². The molecule has 2 aliphatic rings. The van der Waals surface area contributed by atoms with Crippen LogP contribution in [-0.4, -0.2) is 71.0 Å². The van der Waals surface area contributed by atoms with Crippen molar-refractivity contribution in [3.63, 3.8) is 0 Å². The van der Waals surface area contributed by atoms with Crippen molar-refractivity contribution in [1.82, 2.24) is 9.80 Å². The highest BCUT2D eigenvalue weighted by atomic mass is 16.6. The normalized spacial score (nSPS) is 27.3. The third-order valence-electron chi connectivity index (χ3n) is 6.33. The number of piperidine rings is 2. The standard InChI is InChI=1S/C24H35N3O4/c1-16-19-10-20(17(2)27(16)23(29)31-24(3,4)5)13-26(12-19)14-21(28)15-30-22-8-6-18(11-25)7-9-22/h6-9,16-17,19-21,28H,10,12-15H2,1-5H3. The Morgan fingerprint density at radius 1 is 1.19 bits per heavy atom. The van der Waals surface area contributed by atoms with Gasteiger partial charge >= 0.3 is 6.09 Å². The van der Waals surface area contributed by atoms with Gasteiger partial charge in [0.25, 0.3) is 0 Å². The molecule has 0 radical (unpaired) electrons. The molecule has 1 amide bonds. The van der Waals surface area contributed by atoms with Crippen LogP contribution >= 0.6 is 0 Å². The maximum atomic E-state index is 12.8. The van der Waals surface area contributed by atoms with E-state index in [1.165, 1.54) is 0 Å². The van der Waals surface area contributed by atoms with Gasteiger partial charge in [-0.25, -0.2) is 4.79 Å². The van der Waals surface area contributed by atoms with Gasteiger partial charge in [-0.1, -0.05) is 0 Å². The zero-order chi connectivity index (χ0) is 22.8. The van der Waals surface area contributed by atoms with Crippen LogP contribution in [0.15, 0.2) is 24.3 Å². The summed E-state index contributed by atoms with van der Waals surface area (Å²) < 4.78 is 11.3. The molecule has 0 aromatic heterocycles. The van der Waals surface area contributed by atoms with E-state index < -0.39 is 11.7 Å². The number of amides is 1. The van der Waals surface area contributed by atoms with E-state index in [2.05, 4.69) is 24.8 Å². The molecule has 1 aromatic carbocycles. The summed E-state index contributed by atoms with van der Waals surface area (Å²) in [4.78, 5) is 17.0. The van der Waals surface area contributed by atoms with Crippen molar-refractivity contribution in [2.45, 2.75) is 64.8 Å². The van der Waals surface area contributed by atoms with Gasteiger partial charge in [-0.05, 0) is 77.1 Å². The second kappa shape index (κ2) is 9.46. The monoisotopic (exact) mass is 429 g/mol. The van der Waals surface area contributed by atoms with Gasteiger partial charge in [0.2, 0.25) is 0 Å². The topological polar surface area (TPSA) is 86.0 Å². The first-order valence-corrected chi connectivity index (χ1v) is 11.1. The van der Waals surface area contributed by atoms with Crippen LogP contribution in [0.2, 0.25) is 0 Å². The van der Waals surface area contributed by atoms with Crippen LogP contribution in [0.25, 0.3) is 0 Å². The molecule has 0 saturated carbocycles. The van der Waals surface area contributed by atoms with Crippen molar-refractivity contribution in [3.8, 4) is 11.8 Å². The first-order chi connectivity index (χ1) is 14.6. The lowest BCUT2D eigenvalue weighted by Crippen LogP contribution is -2.63. The molecule has 7 nitrogen and oxygen atoms in total. The number of aliphatic hydroxyl groups excluding tert-OH is 1. The van der Waals surface area contributed by atoms with Gasteiger partial charge in [-0.15, -0.1) is 0 Å². The number of likely N-dealkylation sites (tertiary alicyclic amines) is 2. The fourth-order valence-electron chi connectivity index (χ4n) is 4.76. The molecule has 0 spiro atoms. The molecule has 2 bridgehead atoms. The van der Waals surface area contributed by atoms with E-state index >= 15 is 0 Å². The molecule has 31 heavy (non-hydrogen) atoms. The van der Waals surface area contributed by atoms with Gasteiger partial charge in [0.05, 0.1) is 11.6 Å². The van der Waals surface area contributed by atoms with Crippen LogP contribution in [-0.2, 0) is 4.74 Å². The van der Waals surface area contributed by atoms with Gasteiger partial charge in [0.15, 0.2) is 0 Å². The van der Waals surface area contributed by atoms with Crippen LogP contribution in [0, 0.1) is 23.2 Å². The Morgan fingerprint density at radius 3 is 2.29 bits per heavy atom. The number of rotatable bonds is 5. The lowest BCUT2D eigenvalue weighted by Gasteiger charge is -2.53. The lowest BCUT2D eigenvalue weighted by atomic mass is 9.76. The fraction of sp³-hybridized carbons (Fsp3) is 0.667. The van der Waals surface area contributed by atoms with Crippen LogP contribution < -0.4 is 4.74 Å². The maximum Gasteiger partial charge on any atom is 0.410 e. The number of nitriles is 1. The van der Waals surface area contributed by atoms with Crippen molar-refractivity contribution < 1.29 is 19.4 Å². The number of hydrogen-bond acceptors (Lipinski definition) is 6. The molecule has 3 rings (SSSR count). The van der Waals surface area contributed by atoms with Gasteiger partial charge < -0.3 is 19.5 Å². The van der Waals surface area contributed by atoms with Gasteiger partial charge in [0, 0.05) is 31.7 Å². The molecule has 1 aromatic rings. The van der Waals surface area contributed by atoms with E-state index in [0.29, 0.717) is 29.7 Å². The van der Waals surface area contributed by atoms with Crippen molar-refractivity contribution >= 4 is 6.09 Å². The van der Waals surface area contributed by atoms with E-state index in [4.69, 9.17) is 14.7 Å². The molecule has 0 aliphatic carbocycles. The predicted octanol–water partition coefficient (Wildman–Crippen LogP) is 3.26. The molecule has 2 aliphatic heterocycles. The van der Waals surface area contributed by atoms with Crippen molar-refractivity contribution in [2.75, 3.05) is 26.2 Å². The van der Waals surface area contributed by atoms with E-state index in [-0.39, 0.29) is 24.8 Å². The van der Waals surface area contributed by atoms with Crippen molar-refractivity contribution in [3.05, 3.63) is 29.8 Å².